The Morgan fingerprint density at radius 3 is 1.97 bits per heavy atom. The van der Waals surface area contributed by atoms with Crippen molar-refractivity contribution in [2.75, 3.05) is 5.32 Å². The highest BCUT2D eigenvalue weighted by atomic mass is 16.1. The van der Waals surface area contributed by atoms with Gasteiger partial charge in [0.2, 0.25) is 0 Å². The highest BCUT2D eigenvalue weighted by Crippen LogP contribution is 2.28. The van der Waals surface area contributed by atoms with Gasteiger partial charge in [0.25, 0.3) is 5.56 Å². The van der Waals surface area contributed by atoms with E-state index < -0.39 is 0 Å². The fraction of sp³-hybridized carbons (Fsp3) is 0.280. The first-order valence-electron chi connectivity index (χ1n) is 10.1. The first kappa shape index (κ1) is 20.6. The minimum Gasteiger partial charge on any atom is -0.354 e. The number of rotatable bonds is 6. The number of Topliss-reactive ketones (excluding diaryl/α,β-unsaturated/α-hetero) is 1. The average Bonchev–Trinajstić information content (AvgIpc) is 2.72. The van der Waals surface area contributed by atoms with Crippen LogP contribution < -0.4 is 10.9 Å². The summed E-state index contributed by atoms with van der Waals surface area (Å²) in [6.07, 6.45) is 0.953. The summed E-state index contributed by atoms with van der Waals surface area (Å²) in [6, 6.07) is 15.8. The van der Waals surface area contributed by atoms with Crippen LogP contribution in [0.25, 0.3) is 5.69 Å². The maximum atomic E-state index is 13.6. The highest BCUT2D eigenvalue weighted by Gasteiger charge is 2.23. The summed E-state index contributed by atoms with van der Waals surface area (Å²) >= 11 is 0. The van der Waals surface area contributed by atoms with Gasteiger partial charge in [-0.05, 0) is 57.0 Å². The molecule has 0 amide bonds. The van der Waals surface area contributed by atoms with Crippen molar-refractivity contribution < 1.29 is 4.79 Å². The van der Waals surface area contributed by atoms with Gasteiger partial charge >= 0.3 is 0 Å². The Balaban J connectivity index is 2.29. The van der Waals surface area contributed by atoms with E-state index in [0.717, 1.165) is 33.8 Å². The van der Waals surface area contributed by atoms with Crippen LogP contribution in [-0.4, -0.2) is 10.4 Å². The van der Waals surface area contributed by atoms with Crippen molar-refractivity contribution in [1.29, 1.82) is 0 Å². The molecule has 0 fully saturated rings. The number of aromatic nitrogens is 1. The topological polar surface area (TPSA) is 51.1 Å². The standard InChI is InChI=1S/C25H28N2O2/c1-6-21-18(5)24(26-19-12-8-16(3)9-13-19)23(22(28)7-2)25(29)27(21)20-14-10-17(4)11-15-20/h8-15,26H,6-7H2,1-5H3. The molecular formula is C25H28N2O2. The zero-order valence-electron chi connectivity index (χ0n) is 17.8. The summed E-state index contributed by atoms with van der Waals surface area (Å²) in [4.78, 5) is 26.4. The maximum Gasteiger partial charge on any atom is 0.268 e. The van der Waals surface area contributed by atoms with E-state index in [1.54, 1.807) is 11.5 Å². The second kappa shape index (κ2) is 8.48. The predicted octanol–water partition coefficient (Wildman–Crippen LogP) is 5.66. The Hall–Kier alpha value is -3.14. The Kier molecular flexibility index (Phi) is 6.02. The van der Waals surface area contributed by atoms with E-state index >= 15 is 0 Å². The number of nitrogens with zero attached hydrogens (tertiary/aromatic N) is 1. The van der Waals surface area contributed by atoms with Gasteiger partial charge in [0.05, 0.1) is 5.69 Å². The molecule has 0 radical (unpaired) electrons. The fourth-order valence-electron chi connectivity index (χ4n) is 3.60. The van der Waals surface area contributed by atoms with Crippen molar-refractivity contribution in [1.82, 2.24) is 4.57 Å². The fourth-order valence-corrected chi connectivity index (χ4v) is 3.60. The van der Waals surface area contributed by atoms with Crippen molar-refractivity contribution in [2.24, 2.45) is 0 Å². The van der Waals surface area contributed by atoms with Gasteiger partial charge in [0, 0.05) is 23.5 Å². The van der Waals surface area contributed by atoms with E-state index in [0.29, 0.717) is 12.1 Å². The van der Waals surface area contributed by atoms with Gasteiger partial charge in [0.15, 0.2) is 5.78 Å². The molecule has 1 aromatic heterocycles. The number of pyridine rings is 1. The van der Waals surface area contributed by atoms with E-state index in [9.17, 15) is 9.59 Å². The minimum atomic E-state index is -0.266. The lowest BCUT2D eigenvalue weighted by Crippen LogP contribution is -2.30. The summed E-state index contributed by atoms with van der Waals surface area (Å²) < 4.78 is 1.69. The monoisotopic (exact) mass is 388 g/mol. The molecule has 0 aliphatic heterocycles. The van der Waals surface area contributed by atoms with Crippen molar-refractivity contribution in [3.63, 3.8) is 0 Å². The van der Waals surface area contributed by atoms with E-state index in [-0.39, 0.29) is 23.3 Å². The second-order valence-electron chi connectivity index (χ2n) is 7.42. The smallest absolute Gasteiger partial charge is 0.268 e. The van der Waals surface area contributed by atoms with Gasteiger partial charge in [-0.1, -0.05) is 49.2 Å². The molecule has 4 nitrogen and oxygen atoms in total. The molecule has 3 rings (SSSR count). The van der Waals surface area contributed by atoms with Crippen molar-refractivity contribution in [3.8, 4) is 5.69 Å². The minimum absolute atomic E-state index is 0.156. The number of aryl methyl sites for hydroxylation is 2. The third-order valence-corrected chi connectivity index (χ3v) is 5.29. The molecule has 0 saturated heterocycles. The first-order valence-corrected chi connectivity index (χ1v) is 10.1. The van der Waals surface area contributed by atoms with Crippen molar-refractivity contribution in [2.45, 2.75) is 47.5 Å². The van der Waals surface area contributed by atoms with Gasteiger partial charge in [-0.15, -0.1) is 0 Å². The lowest BCUT2D eigenvalue weighted by atomic mass is 10.0. The Bertz CT molecular complexity index is 1090. The van der Waals surface area contributed by atoms with Gasteiger partial charge in [-0.2, -0.15) is 0 Å². The number of hydrogen-bond acceptors (Lipinski definition) is 3. The molecular weight excluding hydrogens is 360 g/mol. The van der Waals surface area contributed by atoms with Crippen LogP contribution in [-0.2, 0) is 6.42 Å². The molecule has 0 aliphatic rings. The van der Waals surface area contributed by atoms with Crippen LogP contribution in [0.2, 0.25) is 0 Å². The third kappa shape index (κ3) is 4.02. The molecule has 29 heavy (non-hydrogen) atoms. The zero-order chi connectivity index (χ0) is 21.1. The molecule has 0 unspecified atom stereocenters. The number of carbonyl (C=O) groups excluding carboxylic acids is 1. The number of hydrogen-bond donors (Lipinski definition) is 1. The van der Waals surface area contributed by atoms with Gasteiger partial charge < -0.3 is 5.32 Å². The zero-order valence-corrected chi connectivity index (χ0v) is 17.8. The van der Waals surface area contributed by atoms with E-state index in [2.05, 4.69) is 5.32 Å². The Labute approximate surface area is 172 Å². The molecule has 0 atom stereocenters. The summed E-state index contributed by atoms with van der Waals surface area (Å²) in [5.74, 6) is -0.156. The number of anilines is 2. The van der Waals surface area contributed by atoms with Crippen LogP contribution in [0.3, 0.4) is 0 Å². The number of benzene rings is 2. The summed E-state index contributed by atoms with van der Waals surface area (Å²) in [7, 11) is 0. The number of nitrogens with one attached hydrogen (secondary N) is 1. The van der Waals surface area contributed by atoms with Crippen LogP contribution in [0.1, 0.15) is 53.0 Å². The highest BCUT2D eigenvalue weighted by molar-refractivity contribution is 6.02. The SMILES string of the molecule is CCC(=O)c1c(Nc2ccc(C)cc2)c(C)c(CC)n(-c2ccc(C)cc2)c1=O. The van der Waals surface area contributed by atoms with Crippen LogP contribution in [0.4, 0.5) is 11.4 Å². The lowest BCUT2D eigenvalue weighted by Gasteiger charge is -2.22. The van der Waals surface area contributed by atoms with Crippen molar-refractivity contribution >= 4 is 17.2 Å². The normalized spacial score (nSPS) is 10.8. The van der Waals surface area contributed by atoms with Crippen LogP contribution in [0, 0.1) is 20.8 Å². The lowest BCUT2D eigenvalue weighted by molar-refractivity contribution is 0.0987. The summed E-state index contributed by atoms with van der Waals surface area (Å²) in [5.41, 5.74) is 6.32. The summed E-state index contributed by atoms with van der Waals surface area (Å²) in [6.45, 7) is 9.84. The maximum absolute atomic E-state index is 13.6. The Morgan fingerprint density at radius 2 is 1.45 bits per heavy atom. The summed E-state index contributed by atoms with van der Waals surface area (Å²) in [5, 5.41) is 3.35. The van der Waals surface area contributed by atoms with Crippen LogP contribution >= 0.6 is 0 Å². The first-order chi connectivity index (χ1) is 13.9. The molecule has 4 heteroatoms. The Morgan fingerprint density at radius 1 is 0.897 bits per heavy atom. The van der Waals surface area contributed by atoms with Crippen LogP contribution in [0.15, 0.2) is 53.3 Å². The molecule has 0 saturated carbocycles. The van der Waals surface area contributed by atoms with Gasteiger partial charge in [0.1, 0.15) is 5.56 Å². The van der Waals surface area contributed by atoms with Crippen LogP contribution in [0.5, 0.6) is 0 Å². The molecule has 1 N–H and O–H groups in total. The predicted molar refractivity (Wildman–Crippen MR) is 120 cm³/mol. The third-order valence-electron chi connectivity index (χ3n) is 5.29. The van der Waals surface area contributed by atoms with Crippen molar-refractivity contribution in [3.05, 3.63) is 86.8 Å². The molecule has 150 valence electrons. The average molecular weight is 389 g/mol. The van der Waals surface area contributed by atoms with E-state index in [1.807, 2.05) is 76.2 Å². The number of carbonyl (C=O) groups is 1. The number of ketones is 1. The van der Waals surface area contributed by atoms with E-state index in [1.165, 1.54) is 0 Å². The molecule has 1 heterocycles. The largest absolute Gasteiger partial charge is 0.354 e. The van der Waals surface area contributed by atoms with Gasteiger partial charge in [-0.3, -0.25) is 14.2 Å². The van der Waals surface area contributed by atoms with E-state index in [4.69, 9.17) is 0 Å². The molecule has 0 bridgehead atoms. The molecule has 0 aliphatic carbocycles. The second-order valence-corrected chi connectivity index (χ2v) is 7.42. The molecule has 3 aromatic rings. The van der Waals surface area contributed by atoms with Gasteiger partial charge in [-0.25, -0.2) is 0 Å². The molecule has 2 aromatic carbocycles. The quantitative estimate of drug-likeness (QED) is 0.554. The molecule has 0 spiro atoms.